The van der Waals surface area contributed by atoms with Gasteiger partial charge >= 0.3 is 11.9 Å². The molecule has 0 aliphatic carbocycles. The summed E-state index contributed by atoms with van der Waals surface area (Å²) in [6, 6.07) is 0. The van der Waals surface area contributed by atoms with Crippen LogP contribution in [0.25, 0.3) is 0 Å². The van der Waals surface area contributed by atoms with Crippen LogP contribution in [0, 0.1) is 0 Å². The summed E-state index contributed by atoms with van der Waals surface area (Å²) >= 11 is 0. The molecule has 2 rings (SSSR count). The van der Waals surface area contributed by atoms with E-state index in [4.69, 9.17) is 23.7 Å². The van der Waals surface area contributed by atoms with Gasteiger partial charge in [-0.2, -0.15) is 0 Å². The third-order valence-electron chi connectivity index (χ3n) is 5.11. The van der Waals surface area contributed by atoms with Crippen LogP contribution < -0.4 is 0 Å². The lowest BCUT2D eigenvalue weighted by Gasteiger charge is -2.46. The Morgan fingerprint density at radius 3 is 1.76 bits per heavy atom. The zero-order valence-electron chi connectivity index (χ0n) is 18.1. The highest BCUT2D eigenvalue weighted by atomic mass is 16.7. The molecule has 0 spiro atoms. The summed E-state index contributed by atoms with van der Waals surface area (Å²) in [5.74, 6) is -1.90. The van der Waals surface area contributed by atoms with Crippen molar-refractivity contribution >= 4 is 11.9 Å². The van der Waals surface area contributed by atoms with Crippen LogP contribution in [0.4, 0.5) is 0 Å². The lowest BCUT2D eigenvalue weighted by molar-refractivity contribution is -0.355. The first-order chi connectivity index (χ1) is 15.4. The number of carbonyl (C=O) groups is 2. The number of carbonyl (C=O) groups excluding carboxylic acids is 2. The van der Waals surface area contributed by atoms with E-state index >= 15 is 0 Å². The summed E-state index contributed by atoms with van der Waals surface area (Å²) in [5, 5.41) is 59.7. The van der Waals surface area contributed by atoms with Crippen molar-refractivity contribution in [1.29, 1.82) is 0 Å². The van der Waals surface area contributed by atoms with E-state index in [0.29, 0.717) is 0 Å². The van der Waals surface area contributed by atoms with Crippen LogP contribution in [-0.4, -0.2) is 117 Å². The molecule has 0 aromatic carbocycles. The summed E-state index contributed by atoms with van der Waals surface area (Å²) in [4.78, 5) is 24.4. The largest absolute Gasteiger partial charge is 0.452 e. The van der Waals surface area contributed by atoms with Crippen molar-refractivity contribution in [2.45, 2.75) is 75.3 Å². The normalized spacial score (nSPS) is 38.9. The average molecular weight is 478 g/mol. The highest BCUT2D eigenvalue weighted by Gasteiger charge is 2.53. The first kappa shape index (κ1) is 27.3. The fourth-order valence-corrected chi connectivity index (χ4v) is 3.25. The zero-order valence-corrected chi connectivity index (χ0v) is 18.1. The summed E-state index contributed by atoms with van der Waals surface area (Å²) in [5.41, 5.74) is -0.0874. The number of hydrogen-bond donors (Lipinski definition) is 6. The molecule has 6 N–H and O–H groups in total. The average Bonchev–Trinajstić information content (AvgIpc) is 2.77. The minimum atomic E-state index is -1.82. The molecule has 0 unspecified atom stereocenters. The van der Waals surface area contributed by atoms with Crippen LogP contribution in [0.3, 0.4) is 0 Å². The Kier molecular flexibility index (Phi) is 9.48. The summed E-state index contributed by atoms with van der Waals surface area (Å²) in [6.45, 7) is 8.04. The van der Waals surface area contributed by atoms with E-state index in [0.717, 1.165) is 0 Å². The monoisotopic (exact) mass is 478 g/mol. The van der Waals surface area contributed by atoms with Gasteiger partial charge in [-0.1, -0.05) is 13.2 Å². The number of aliphatic hydroxyl groups is 6. The third-order valence-corrected chi connectivity index (χ3v) is 5.11. The third kappa shape index (κ3) is 6.15. The van der Waals surface area contributed by atoms with Crippen molar-refractivity contribution in [3.8, 4) is 0 Å². The number of ether oxygens (including phenoxy) is 5. The molecule has 0 aromatic rings. The van der Waals surface area contributed by atoms with E-state index in [-0.39, 0.29) is 11.1 Å². The fourth-order valence-electron chi connectivity index (χ4n) is 3.25. The molecule has 0 aromatic heterocycles. The van der Waals surface area contributed by atoms with E-state index < -0.39 is 86.6 Å². The van der Waals surface area contributed by atoms with Crippen molar-refractivity contribution < 1.29 is 63.9 Å². The predicted molar refractivity (Wildman–Crippen MR) is 106 cm³/mol. The van der Waals surface area contributed by atoms with Crippen LogP contribution in [0.1, 0.15) is 13.8 Å². The molecule has 33 heavy (non-hydrogen) atoms. The first-order valence-electron chi connectivity index (χ1n) is 10.1. The maximum Gasteiger partial charge on any atom is 0.333 e. The van der Waals surface area contributed by atoms with Crippen molar-refractivity contribution in [2.24, 2.45) is 0 Å². The molecule has 13 heteroatoms. The van der Waals surface area contributed by atoms with E-state index in [2.05, 4.69) is 13.2 Å². The maximum atomic E-state index is 12.2. The van der Waals surface area contributed by atoms with Gasteiger partial charge in [0.05, 0.1) is 13.2 Å². The molecule has 2 fully saturated rings. The van der Waals surface area contributed by atoms with Gasteiger partial charge in [-0.05, 0) is 13.8 Å². The van der Waals surface area contributed by atoms with Crippen molar-refractivity contribution in [3.63, 3.8) is 0 Å². The van der Waals surface area contributed by atoms with Crippen LogP contribution in [0.2, 0.25) is 0 Å². The molecule has 2 saturated heterocycles. The highest BCUT2D eigenvalue weighted by molar-refractivity contribution is 5.88. The Morgan fingerprint density at radius 2 is 1.27 bits per heavy atom. The molecule has 0 amide bonds. The van der Waals surface area contributed by atoms with Gasteiger partial charge in [-0.25, -0.2) is 9.59 Å². The minimum absolute atomic E-state index is 0.0368. The van der Waals surface area contributed by atoms with Crippen LogP contribution >= 0.6 is 0 Å². The van der Waals surface area contributed by atoms with Crippen LogP contribution in [-0.2, 0) is 33.3 Å². The first-order valence-corrected chi connectivity index (χ1v) is 10.1. The number of hydrogen-bond acceptors (Lipinski definition) is 13. The number of aliphatic hydroxyl groups excluding tert-OH is 6. The summed E-state index contributed by atoms with van der Waals surface area (Å²) in [6.07, 6.45) is -16.3. The fraction of sp³-hybridized carbons (Fsp3) is 0.700. The Labute approximate surface area is 189 Å². The summed E-state index contributed by atoms with van der Waals surface area (Å²) < 4.78 is 26.7. The molecule has 2 aliphatic heterocycles. The van der Waals surface area contributed by atoms with Crippen molar-refractivity contribution in [2.75, 3.05) is 13.2 Å². The van der Waals surface area contributed by atoms with E-state index in [1.54, 1.807) is 0 Å². The lowest BCUT2D eigenvalue weighted by Crippen LogP contribution is -2.65. The molecule has 0 radical (unpaired) electrons. The second-order valence-electron chi connectivity index (χ2n) is 7.85. The number of rotatable bonds is 8. The van der Waals surface area contributed by atoms with Gasteiger partial charge in [0.15, 0.2) is 24.8 Å². The molecular formula is C20H30O13. The van der Waals surface area contributed by atoms with Crippen LogP contribution in [0.15, 0.2) is 24.3 Å². The van der Waals surface area contributed by atoms with Crippen LogP contribution in [0.5, 0.6) is 0 Å². The smallest absolute Gasteiger partial charge is 0.333 e. The van der Waals surface area contributed by atoms with Gasteiger partial charge in [0.25, 0.3) is 0 Å². The van der Waals surface area contributed by atoms with E-state index in [1.165, 1.54) is 13.8 Å². The van der Waals surface area contributed by atoms with Gasteiger partial charge in [-0.3, -0.25) is 0 Å². The van der Waals surface area contributed by atoms with Gasteiger partial charge in [0.1, 0.15) is 36.6 Å². The SMILES string of the molecule is C=C(C)C(=O)O[C@H]1[C@H](O[C@H]2[C@H](O)[C@@H](O)[C@H](O)O[C@@H]2CO)O[C@H](CO)[C@H](O)[C@@H]1OC(=O)C(=C)C. The zero-order chi connectivity index (χ0) is 25.0. The minimum Gasteiger partial charge on any atom is -0.452 e. The van der Waals surface area contributed by atoms with Crippen molar-refractivity contribution in [3.05, 3.63) is 24.3 Å². The molecule has 13 nitrogen and oxygen atoms in total. The second-order valence-corrected chi connectivity index (χ2v) is 7.85. The quantitative estimate of drug-likeness (QED) is 0.151. The highest BCUT2D eigenvalue weighted by Crippen LogP contribution is 2.32. The topological polar surface area (TPSA) is 202 Å². The second kappa shape index (κ2) is 11.5. The Hall–Kier alpha value is -1.94. The number of esters is 2. The van der Waals surface area contributed by atoms with E-state index in [1.807, 2.05) is 0 Å². The molecular weight excluding hydrogens is 448 g/mol. The molecule has 2 heterocycles. The van der Waals surface area contributed by atoms with Gasteiger partial charge in [0.2, 0.25) is 0 Å². The molecule has 0 saturated carbocycles. The predicted octanol–water partition coefficient (Wildman–Crippen LogP) is -3.14. The van der Waals surface area contributed by atoms with Gasteiger partial charge in [0, 0.05) is 11.1 Å². The Balaban J connectivity index is 2.41. The molecule has 2 aliphatic rings. The Bertz CT molecular complexity index is 737. The lowest BCUT2D eigenvalue weighted by atomic mass is 9.96. The standard InChI is InChI=1S/C20H30O13/c1-7(2)17(26)31-15-11(23)9(5-21)30-20(16(15)32-18(27)8(3)4)33-14-10(6-22)29-19(28)13(25)12(14)24/h9-16,19-25,28H,1,3,5-6H2,2,4H3/t9-,10-,11+,12-,13-,14-,15+,16-,19-,20+/m1/s1. The Morgan fingerprint density at radius 1 is 0.758 bits per heavy atom. The van der Waals surface area contributed by atoms with Crippen molar-refractivity contribution in [1.82, 2.24) is 0 Å². The summed E-state index contributed by atoms with van der Waals surface area (Å²) in [7, 11) is 0. The molecule has 0 bridgehead atoms. The molecule has 10 atom stereocenters. The van der Waals surface area contributed by atoms with Gasteiger partial charge in [-0.15, -0.1) is 0 Å². The maximum absolute atomic E-state index is 12.2. The molecule has 188 valence electrons. The van der Waals surface area contributed by atoms with Gasteiger partial charge < -0.3 is 54.3 Å². The van der Waals surface area contributed by atoms with E-state index in [9.17, 15) is 40.2 Å².